The van der Waals surface area contributed by atoms with E-state index >= 15 is 0 Å². The molecule has 0 fully saturated rings. The number of hydrogen-bond acceptors (Lipinski definition) is 3. The molecule has 35 heavy (non-hydrogen) atoms. The third-order valence-electron chi connectivity index (χ3n) is 4.74. The summed E-state index contributed by atoms with van der Waals surface area (Å²) in [7, 11) is 0. The number of phenols is 3. The van der Waals surface area contributed by atoms with E-state index in [1.54, 1.807) is 36.4 Å². The third kappa shape index (κ3) is 19.0. The van der Waals surface area contributed by atoms with Gasteiger partial charge in [0.2, 0.25) is 0 Å². The van der Waals surface area contributed by atoms with Crippen LogP contribution in [0.15, 0.2) is 72.8 Å². The second-order valence-corrected chi connectivity index (χ2v) is 9.79. The molecule has 3 rings (SSSR count). The summed E-state index contributed by atoms with van der Waals surface area (Å²) in [6, 6.07) is 22.2. The molecule has 0 saturated carbocycles. The minimum atomic E-state index is 0. The first-order valence-corrected chi connectivity index (χ1v) is 11.9. The van der Waals surface area contributed by atoms with E-state index in [-0.39, 0.29) is 62.2 Å². The molecule has 188 valence electrons. The van der Waals surface area contributed by atoms with Gasteiger partial charge in [0.1, 0.15) is 17.2 Å². The van der Waals surface area contributed by atoms with Gasteiger partial charge < -0.3 is 15.3 Å². The fourth-order valence-electron chi connectivity index (χ4n) is 3.31. The van der Waals surface area contributed by atoms with Crippen molar-refractivity contribution >= 4 is 0 Å². The minimum Gasteiger partial charge on any atom is -0.508 e. The van der Waals surface area contributed by atoms with Gasteiger partial charge in [0, 0.05) is 62.2 Å². The molecule has 0 saturated heterocycles. The number of benzene rings is 3. The van der Waals surface area contributed by atoms with Gasteiger partial charge in [-0.25, -0.2) is 0 Å². The standard InChI is InChI=1S/3C10H14O.2U/c3*1-8(2)7-9-3-5-10(11)6-4-9;;/h3*3-6,8,11H,7H2,1-2H3;;. The molecule has 0 atom stereocenters. The van der Waals surface area contributed by atoms with Gasteiger partial charge in [-0.3, -0.25) is 0 Å². The maximum Gasteiger partial charge on any atom is 0.115 e. The number of rotatable bonds is 6. The molecule has 5 heteroatoms. The van der Waals surface area contributed by atoms with Crippen molar-refractivity contribution in [3.8, 4) is 17.2 Å². The van der Waals surface area contributed by atoms with Crippen molar-refractivity contribution in [2.45, 2.75) is 60.8 Å². The van der Waals surface area contributed by atoms with E-state index in [9.17, 15) is 0 Å². The smallest absolute Gasteiger partial charge is 0.115 e. The average Bonchev–Trinajstić information content (AvgIpc) is 2.73. The molecule has 0 heterocycles. The number of phenolic OH excluding ortho intramolecular Hbond substituents is 3. The van der Waals surface area contributed by atoms with Crippen molar-refractivity contribution in [1.29, 1.82) is 0 Å². The fraction of sp³-hybridized carbons (Fsp3) is 0.400. The van der Waals surface area contributed by atoms with E-state index < -0.39 is 0 Å². The molecule has 0 bridgehead atoms. The predicted molar refractivity (Wildman–Crippen MR) is 140 cm³/mol. The second-order valence-electron chi connectivity index (χ2n) is 9.79. The summed E-state index contributed by atoms with van der Waals surface area (Å²) in [6.07, 6.45) is 3.25. The topological polar surface area (TPSA) is 60.7 Å². The Kier molecular flexibility index (Phi) is 21.0. The monoisotopic (exact) mass is 926 g/mol. The van der Waals surface area contributed by atoms with E-state index in [0.717, 1.165) is 19.3 Å². The van der Waals surface area contributed by atoms with Gasteiger partial charge in [0.25, 0.3) is 0 Å². The Morgan fingerprint density at radius 3 is 0.714 bits per heavy atom. The molecule has 0 radical (unpaired) electrons. The molecule has 0 aliphatic heterocycles. The zero-order valence-electron chi connectivity index (χ0n) is 22.1. The summed E-state index contributed by atoms with van der Waals surface area (Å²) in [6.45, 7) is 13.1. The maximum absolute atomic E-state index is 8.99. The zero-order chi connectivity index (χ0) is 24.8. The van der Waals surface area contributed by atoms with E-state index in [2.05, 4.69) is 41.5 Å². The Morgan fingerprint density at radius 2 is 0.571 bits per heavy atom. The van der Waals surface area contributed by atoms with Crippen molar-refractivity contribution in [2.75, 3.05) is 0 Å². The minimum absolute atomic E-state index is 0. The van der Waals surface area contributed by atoms with Gasteiger partial charge in [0.15, 0.2) is 0 Å². The molecule has 3 aromatic rings. The summed E-state index contributed by atoms with van der Waals surface area (Å²) in [5.74, 6) is 3.08. The van der Waals surface area contributed by atoms with Crippen LogP contribution < -0.4 is 0 Å². The molecule has 0 aliphatic carbocycles. The van der Waals surface area contributed by atoms with E-state index in [4.69, 9.17) is 15.3 Å². The first kappa shape index (κ1) is 36.3. The molecule has 0 amide bonds. The molecule has 3 aromatic carbocycles. The molecule has 0 aromatic heterocycles. The van der Waals surface area contributed by atoms with E-state index in [0.29, 0.717) is 35.0 Å². The maximum atomic E-state index is 8.99. The van der Waals surface area contributed by atoms with Crippen LogP contribution in [0.4, 0.5) is 0 Å². The van der Waals surface area contributed by atoms with Crippen LogP contribution >= 0.6 is 0 Å². The summed E-state index contributed by atoms with van der Waals surface area (Å²) < 4.78 is 0. The van der Waals surface area contributed by atoms with Crippen molar-refractivity contribution in [2.24, 2.45) is 17.8 Å². The van der Waals surface area contributed by atoms with Gasteiger partial charge >= 0.3 is 0 Å². The van der Waals surface area contributed by atoms with Crippen LogP contribution in [-0.4, -0.2) is 15.3 Å². The number of hydrogen-bond donors (Lipinski definition) is 3. The van der Waals surface area contributed by atoms with Crippen LogP contribution in [-0.2, 0) is 19.3 Å². The Labute approximate surface area is 260 Å². The molecule has 0 spiro atoms. The Bertz CT molecular complexity index is 766. The normalized spacial score (nSPS) is 9.86. The quantitative estimate of drug-likeness (QED) is 0.237. The molecular formula is C30H42O3U2. The van der Waals surface area contributed by atoms with Gasteiger partial charge in [0.05, 0.1) is 0 Å². The zero-order valence-corrected chi connectivity index (χ0v) is 30.5. The van der Waals surface area contributed by atoms with Gasteiger partial charge in [-0.2, -0.15) is 0 Å². The van der Waals surface area contributed by atoms with Gasteiger partial charge in [-0.15, -0.1) is 0 Å². The molecule has 0 unspecified atom stereocenters. The fourth-order valence-corrected chi connectivity index (χ4v) is 3.31. The molecule has 3 nitrogen and oxygen atoms in total. The van der Waals surface area contributed by atoms with Crippen LogP contribution in [0.5, 0.6) is 17.2 Å². The van der Waals surface area contributed by atoms with Gasteiger partial charge in [-0.05, 0) is 90.1 Å². The summed E-state index contributed by atoms with van der Waals surface area (Å²) >= 11 is 0. The van der Waals surface area contributed by atoms with Crippen LogP contribution in [0.25, 0.3) is 0 Å². The van der Waals surface area contributed by atoms with E-state index in [1.807, 2.05) is 36.4 Å². The first-order chi connectivity index (χ1) is 15.5. The predicted octanol–water partition coefficient (Wildman–Crippen LogP) is 7.77. The van der Waals surface area contributed by atoms with Crippen LogP contribution in [0.2, 0.25) is 0 Å². The van der Waals surface area contributed by atoms with Crippen molar-refractivity contribution < 1.29 is 77.5 Å². The summed E-state index contributed by atoms with van der Waals surface area (Å²) in [5.41, 5.74) is 3.87. The average molecular weight is 927 g/mol. The largest absolute Gasteiger partial charge is 0.508 e. The van der Waals surface area contributed by atoms with E-state index in [1.165, 1.54) is 16.7 Å². The Morgan fingerprint density at radius 1 is 0.400 bits per heavy atom. The third-order valence-corrected chi connectivity index (χ3v) is 4.74. The summed E-state index contributed by atoms with van der Waals surface area (Å²) in [4.78, 5) is 0. The van der Waals surface area contributed by atoms with Gasteiger partial charge in [-0.1, -0.05) is 77.9 Å². The van der Waals surface area contributed by atoms with Crippen LogP contribution in [0.3, 0.4) is 0 Å². The Balaban J connectivity index is 0. The van der Waals surface area contributed by atoms with Crippen molar-refractivity contribution in [1.82, 2.24) is 0 Å². The van der Waals surface area contributed by atoms with Crippen molar-refractivity contribution in [3.63, 3.8) is 0 Å². The Hall–Kier alpha value is -0.836. The van der Waals surface area contributed by atoms with Crippen LogP contribution in [0.1, 0.15) is 58.2 Å². The molecule has 3 N–H and O–H groups in total. The number of aromatic hydroxyl groups is 3. The molecular weight excluding hydrogens is 884 g/mol. The second kappa shape index (κ2) is 20.2. The SMILES string of the molecule is CC(C)Cc1ccc(O)cc1.CC(C)Cc1ccc(O)cc1.CC(C)Cc1ccc(O)cc1.[U].[U]. The van der Waals surface area contributed by atoms with Crippen molar-refractivity contribution in [3.05, 3.63) is 89.5 Å². The summed E-state index contributed by atoms with van der Waals surface area (Å²) in [5, 5.41) is 27.0. The molecule has 0 aliphatic rings. The first-order valence-electron chi connectivity index (χ1n) is 11.9. The van der Waals surface area contributed by atoms with Crippen LogP contribution in [0, 0.1) is 80.0 Å².